The predicted octanol–water partition coefficient (Wildman–Crippen LogP) is 4.34. The second kappa shape index (κ2) is 7.17. The summed E-state index contributed by atoms with van der Waals surface area (Å²) in [5.74, 6) is -0.780. The fourth-order valence-electron chi connectivity index (χ4n) is 4.04. The average molecular weight is 472 g/mol. The summed E-state index contributed by atoms with van der Waals surface area (Å²) in [6.07, 6.45) is 5.95. The Morgan fingerprint density at radius 1 is 1.30 bits per heavy atom. The van der Waals surface area contributed by atoms with Crippen molar-refractivity contribution >= 4 is 49.2 Å². The van der Waals surface area contributed by atoms with Crippen LogP contribution >= 0.6 is 15.9 Å². The molecule has 7 nitrogen and oxygen atoms in total. The van der Waals surface area contributed by atoms with E-state index in [1.807, 2.05) is 0 Å². The van der Waals surface area contributed by atoms with E-state index in [0.29, 0.717) is 38.8 Å². The molecule has 1 saturated heterocycles. The number of hydrogen-bond acceptors (Lipinski definition) is 5. The molecule has 0 bridgehead atoms. The van der Waals surface area contributed by atoms with Crippen LogP contribution in [-0.4, -0.2) is 32.0 Å². The Balaban J connectivity index is 1.66. The third-order valence-electron chi connectivity index (χ3n) is 5.60. The molecular formula is C21H19BrFN5O2. The molecule has 2 aromatic carbocycles. The van der Waals surface area contributed by atoms with Gasteiger partial charge in [-0.25, -0.2) is 9.07 Å². The molecule has 0 saturated carbocycles. The number of carbonyl (C=O) groups excluding carboxylic acids is 1. The normalized spacial score (nSPS) is 17.1. The Labute approximate surface area is 179 Å². The number of benzene rings is 2. The fourth-order valence-corrected chi connectivity index (χ4v) is 4.56. The van der Waals surface area contributed by atoms with Gasteiger partial charge in [-0.15, -0.1) is 0 Å². The molecule has 1 aliphatic rings. The van der Waals surface area contributed by atoms with E-state index in [0.717, 1.165) is 24.6 Å². The lowest BCUT2D eigenvalue weighted by Gasteiger charge is -2.22. The van der Waals surface area contributed by atoms with Crippen molar-refractivity contribution in [2.75, 3.05) is 12.3 Å². The zero-order valence-electron chi connectivity index (χ0n) is 16.2. The minimum atomic E-state index is -0.479. The monoisotopic (exact) mass is 471 g/mol. The minimum Gasteiger partial charge on any atom is -0.396 e. The molecule has 2 N–H and O–H groups in total. The van der Waals surface area contributed by atoms with Crippen molar-refractivity contribution in [3.8, 4) is 0 Å². The standard InChI is InChI=1S/C21H19BrFN5O2/c1-27-20-13(9-25-27)15(22)8-12(18(20)24)21(29)11-5-6-16(23)19-14(11)10-28(26-19)17-4-2-3-7-30-17/h5-6,8-10,17H,2-4,7,24H2,1H3. The number of carbonyl (C=O) groups is 1. The van der Waals surface area contributed by atoms with Crippen LogP contribution in [0.2, 0.25) is 0 Å². The van der Waals surface area contributed by atoms with Crippen molar-refractivity contribution in [2.24, 2.45) is 7.05 Å². The van der Waals surface area contributed by atoms with Crippen molar-refractivity contribution < 1.29 is 13.9 Å². The molecule has 154 valence electrons. The third kappa shape index (κ3) is 2.92. The Hall–Kier alpha value is -2.78. The van der Waals surface area contributed by atoms with E-state index in [9.17, 15) is 9.18 Å². The van der Waals surface area contributed by atoms with Crippen molar-refractivity contribution in [3.05, 3.63) is 52.0 Å². The SMILES string of the molecule is Cn1ncc2c(Br)cc(C(=O)c3ccc(F)c4nn(C5CCCCO5)cc34)c(N)c21. The number of ketones is 1. The molecule has 4 aromatic rings. The lowest BCUT2D eigenvalue weighted by molar-refractivity contribution is -0.0391. The van der Waals surface area contributed by atoms with Gasteiger partial charge in [0.25, 0.3) is 0 Å². The van der Waals surface area contributed by atoms with Crippen LogP contribution in [0.25, 0.3) is 21.8 Å². The predicted molar refractivity (Wildman–Crippen MR) is 115 cm³/mol. The highest BCUT2D eigenvalue weighted by Crippen LogP contribution is 2.34. The molecule has 9 heteroatoms. The number of aromatic nitrogens is 4. The lowest BCUT2D eigenvalue weighted by atomic mass is 9.97. The number of nitrogen functional groups attached to an aromatic ring is 1. The van der Waals surface area contributed by atoms with Crippen LogP contribution in [0, 0.1) is 5.82 Å². The Morgan fingerprint density at radius 3 is 2.90 bits per heavy atom. The smallest absolute Gasteiger partial charge is 0.195 e. The summed E-state index contributed by atoms with van der Waals surface area (Å²) in [4.78, 5) is 13.5. The second-order valence-corrected chi connectivity index (χ2v) is 8.32. The maximum Gasteiger partial charge on any atom is 0.195 e. The quantitative estimate of drug-likeness (QED) is 0.354. The number of nitrogens with two attached hydrogens (primary N) is 1. The lowest BCUT2D eigenvalue weighted by Crippen LogP contribution is -2.18. The van der Waals surface area contributed by atoms with Crippen LogP contribution in [0.5, 0.6) is 0 Å². The molecule has 1 unspecified atom stereocenters. The summed E-state index contributed by atoms with van der Waals surface area (Å²) in [6, 6.07) is 4.43. The van der Waals surface area contributed by atoms with Crippen LogP contribution in [0.1, 0.15) is 41.4 Å². The average Bonchev–Trinajstić information content (AvgIpc) is 3.37. The number of aryl methyl sites for hydroxylation is 1. The van der Waals surface area contributed by atoms with Crippen LogP contribution in [-0.2, 0) is 11.8 Å². The number of anilines is 1. The highest BCUT2D eigenvalue weighted by atomic mass is 79.9. The maximum absolute atomic E-state index is 14.5. The summed E-state index contributed by atoms with van der Waals surface area (Å²) in [5.41, 5.74) is 8.16. The van der Waals surface area contributed by atoms with Gasteiger partial charge < -0.3 is 10.5 Å². The zero-order valence-corrected chi connectivity index (χ0v) is 17.8. The highest BCUT2D eigenvalue weighted by Gasteiger charge is 2.24. The highest BCUT2D eigenvalue weighted by molar-refractivity contribution is 9.10. The van der Waals surface area contributed by atoms with E-state index in [-0.39, 0.29) is 17.5 Å². The summed E-state index contributed by atoms with van der Waals surface area (Å²) >= 11 is 3.50. The van der Waals surface area contributed by atoms with Gasteiger partial charge in [0, 0.05) is 46.2 Å². The number of ether oxygens (including phenoxy) is 1. The number of hydrogen-bond donors (Lipinski definition) is 1. The minimum absolute atomic E-state index is 0.147. The van der Waals surface area contributed by atoms with Gasteiger partial charge in [0.05, 0.1) is 17.4 Å². The summed E-state index contributed by atoms with van der Waals surface area (Å²) in [6.45, 7) is 0.643. The molecule has 0 aliphatic carbocycles. The zero-order chi connectivity index (χ0) is 21.0. The molecule has 30 heavy (non-hydrogen) atoms. The van der Waals surface area contributed by atoms with Gasteiger partial charge in [-0.1, -0.05) is 15.9 Å². The van der Waals surface area contributed by atoms with Gasteiger partial charge in [0.1, 0.15) is 11.7 Å². The topological polar surface area (TPSA) is 88.0 Å². The van der Waals surface area contributed by atoms with Gasteiger partial charge in [-0.05, 0) is 37.5 Å². The first kappa shape index (κ1) is 19.2. The molecule has 1 fully saturated rings. The first-order valence-electron chi connectivity index (χ1n) is 9.69. The van der Waals surface area contributed by atoms with Crippen LogP contribution in [0.15, 0.2) is 35.1 Å². The Kier molecular flexibility index (Phi) is 4.59. The molecule has 0 spiro atoms. The molecule has 0 amide bonds. The number of halogens is 2. The van der Waals surface area contributed by atoms with Crippen molar-refractivity contribution in [1.82, 2.24) is 19.6 Å². The van der Waals surface area contributed by atoms with Crippen LogP contribution in [0.3, 0.4) is 0 Å². The van der Waals surface area contributed by atoms with E-state index >= 15 is 0 Å². The summed E-state index contributed by atoms with van der Waals surface area (Å²) < 4.78 is 24.2. The van der Waals surface area contributed by atoms with Gasteiger partial charge >= 0.3 is 0 Å². The van der Waals surface area contributed by atoms with Crippen LogP contribution in [0.4, 0.5) is 10.1 Å². The van der Waals surface area contributed by atoms with Gasteiger partial charge in [0.15, 0.2) is 11.6 Å². The maximum atomic E-state index is 14.5. The Bertz CT molecular complexity index is 1310. The van der Waals surface area contributed by atoms with Gasteiger partial charge in [-0.2, -0.15) is 10.2 Å². The van der Waals surface area contributed by atoms with E-state index in [2.05, 4.69) is 26.1 Å². The number of nitrogens with zero attached hydrogens (tertiary/aromatic N) is 4. The molecule has 0 radical (unpaired) electrons. The van der Waals surface area contributed by atoms with E-state index < -0.39 is 5.82 Å². The van der Waals surface area contributed by atoms with Crippen molar-refractivity contribution in [3.63, 3.8) is 0 Å². The first-order chi connectivity index (χ1) is 14.5. The van der Waals surface area contributed by atoms with E-state index in [4.69, 9.17) is 10.5 Å². The molecule has 5 rings (SSSR count). The first-order valence-corrected chi connectivity index (χ1v) is 10.5. The Morgan fingerprint density at radius 2 is 2.13 bits per heavy atom. The number of fused-ring (bicyclic) bond motifs is 2. The van der Waals surface area contributed by atoms with E-state index in [1.54, 1.807) is 34.9 Å². The summed E-state index contributed by atoms with van der Waals surface area (Å²) in [5, 5.41) is 9.86. The summed E-state index contributed by atoms with van der Waals surface area (Å²) in [7, 11) is 1.77. The van der Waals surface area contributed by atoms with E-state index in [1.165, 1.54) is 12.1 Å². The van der Waals surface area contributed by atoms with Crippen molar-refractivity contribution in [1.29, 1.82) is 0 Å². The molecule has 1 atom stereocenters. The van der Waals surface area contributed by atoms with Gasteiger partial charge in [-0.3, -0.25) is 9.48 Å². The molecular weight excluding hydrogens is 453 g/mol. The van der Waals surface area contributed by atoms with Crippen molar-refractivity contribution in [2.45, 2.75) is 25.5 Å². The largest absolute Gasteiger partial charge is 0.396 e. The van der Waals surface area contributed by atoms with Gasteiger partial charge in [0.2, 0.25) is 0 Å². The fraction of sp³-hybridized carbons (Fsp3) is 0.286. The number of rotatable bonds is 3. The second-order valence-electron chi connectivity index (χ2n) is 7.47. The molecule has 1 aliphatic heterocycles. The molecule has 2 aromatic heterocycles. The third-order valence-corrected chi connectivity index (χ3v) is 6.25. The molecule has 3 heterocycles. The van der Waals surface area contributed by atoms with Crippen LogP contribution < -0.4 is 5.73 Å².